The van der Waals surface area contributed by atoms with E-state index in [9.17, 15) is 4.79 Å². The summed E-state index contributed by atoms with van der Waals surface area (Å²) in [6, 6.07) is 9.13. The zero-order valence-electron chi connectivity index (χ0n) is 15.9. The first-order valence-corrected chi connectivity index (χ1v) is 8.64. The van der Waals surface area contributed by atoms with E-state index in [2.05, 4.69) is 4.74 Å². The molecule has 25 heavy (non-hydrogen) atoms. The molecule has 0 aliphatic rings. The molecule has 1 aromatic carbocycles. The maximum atomic E-state index is 11.2. The van der Waals surface area contributed by atoms with Gasteiger partial charge in [0.1, 0.15) is 5.75 Å². The molecule has 0 amide bonds. The third-order valence-electron chi connectivity index (χ3n) is 2.43. The first-order valence-electron chi connectivity index (χ1n) is 8.64. The summed E-state index contributed by atoms with van der Waals surface area (Å²) in [7, 11) is 0. The van der Waals surface area contributed by atoms with Crippen molar-refractivity contribution in [1.29, 1.82) is 0 Å². The van der Waals surface area contributed by atoms with Gasteiger partial charge in [0.2, 0.25) is 0 Å². The molecule has 0 atom stereocenters. The standard InChI is InChI=1S/C11H14O2.C4H10O3.C4H10O/c1-9(2)8-11(12)13-10-6-4-3-5-7-10;5-1-3-7-4-2-6;1-3-5-4-2/h3-7,9H,8H2,1-2H3;5-6H,1-4H2;3-4H2,1-2H3. The third kappa shape index (κ3) is 22.5. The Morgan fingerprint density at radius 1 is 0.960 bits per heavy atom. The van der Waals surface area contributed by atoms with Crippen LogP contribution in [0.25, 0.3) is 0 Å². The number of hydrogen-bond donors (Lipinski definition) is 2. The molecule has 0 aliphatic carbocycles. The van der Waals surface area contributed by atoms with Crippen molar-refractivity contribution in [2.45, 2.75) is 34.1 Å². The van der Waals surface area contributed by atoms with Gasteiger partial charge in [-0.3, -0.25) is 4.79 Å². The average Bonchev–Trinajstić information content (AvgIpc) is 2.57. The molecule has 146 valence electrons. The van der Waals surface area contributed by atoms with Gasteiger partial charge in [-0.25, -0.2) is 0 Å². The van der Waals surface area contributed by atoms with E-state index in [1.54, 1.807) is 12.1 Å². The van der Waals surface area contributed by atoms with Crippen LogP contribution in [0.15, 0.2) is 30.3 Å². The van der Waals surface area contributed by atoms with E-state index in [-0.39, 0.29) is 19.2 Å². The van der Waals surface area contributed by atoms with Crippen molar-refractivity contribution >= 4 is 5.97 Å². The highest BCUT2D eigenvalue weighted by Gasteiger charge is 2.06. The molecular formula is C19H34O6. The average molecular weight is 358 g/mol. The first kappa shape index (κ1) is 25.8. The van der Waals surface area contributed by atoms with E-state index in [1.807, 2.05) is 45.9 Å². The van der Waals surface area contributed by atoms with Crippen LogP contribution in [0, 0.1) is 5.92 Å². The Morgan fingerprint density at radius 2 is 1.48 bits per heavy atom. The molecule has 1 aromatic rings. The van der Waals surface area contributed by atoms with Crippen molar-refractivity contribution < 1.29 is 29.2 Å². The van der Waals surface area contributed by atoms with Crippen LogP contribution in [-0.4, -0.2) is 55.8 Å². The molecule has 0 fully saturated rings. The highest BCUT2D eigenvalue weighted by atomic mass is 16.5. The maximum absolute atomic E-state index is 11.2. The summed E-state index contributed by atoms with van der Waals surface area (Å²) in [6.07, 6.45) is 0.467. The zero-order chi connectivity index (χ0) is 19.3. The second kappa shape index (κ2) is 20.6. The lowest BCUT2D eigenvalue weighted by Crippen LogP contribution is -2.10. The van der Waals surface area contributed by atoms with E-state index in [4.69, 9.17) is 19.7 Å². The number of carbonyl (C=O) groups excluding carboxylic acids is 1. The lowest BCUT2D eigenvalue weighted by atomic mass is 10.1. The summed E-state index contributed by atoms with van der Waals surface area (Å²) in [4.78, 5) is 11.2. The van der Waals surface area contributed by atoms with Crippen molar-refractivity contribution in [3.05, 3.63) is 30.3 Å². The van der Waals surface area contributed by atoms with Crippen LogP contribution in [-0.2, 0) is 14.3 Å². The van der Waals surface area contributed by atoms with Crippen molar-refractivity contribution in [3.8, 4) is 5.75 Å². The summed E-state index contributed by atoms with van der Waals surface area (Å²) >= 11 is 0. The smallest absolute Gasteiger partial charge is 0.311 e. The minimum Gasteiger partial charge on any atom is -0.427 e. The number of aliphatic hydroxyl groups is 2. The second-order valence-electron chi connectivity index (χ2n) is 5.23. The Morgan fingerprint density at radius 3 is 1.84 bits per heavy atom. The maximum Gasteiger partial charge on any atom is 0.311 e. The van der Waals surface area contributed by atoms with Crippen LogP contribution < -0.4 is 4.74 Å². The molecule has 0 bridgehead atoms. The van der Waals surface area contributed by atoms with Gasteiger partial charge in [-0.2, -0.15) is 0 Å². The molecule has 1 rings (SSSR count). The van der Waals surface area contributed by atoms with Gasteiger partial charge in [-0.05, 0) is 31.9 Å². The summed E-state index contributed by atoms with van der Waals surface area (Å²) in [5.74, 6) is 0.797. The van der Waals surface area contributed by atoms with Gasteiger partial charge in [0, 0.05) is 19.6 Å². The van der Waals surface area contributed by atoms with Crippen molar-refractivity contribution in [1.82, 2.24) is 0 Å². The van der Waals surface area contributed by atoms with Gasteiger partial charge in [-0.1, -0.05) is 32.0 Å². The Bertz CT molecular complexity index is 375. The predicted octanol–water partition coefficient (Wildman–Crippen LogP) is 2.67. The van der Waals surface area contributed by atoms with E-state index in [0.717, 1.165) is 13.2 Å². The van der Waals surface area contributed by atoms with Gasteiger partial charge in [0.15, 0.2) is 0 Å². The molecule has 0 spiro atoms. The van der Waals surface area contributed by atoms with Gasteiger partial charge in [0.25, 0.3) is 0 Å². The number of ether oxygens (including phenoxy) is 3. The van der Waals surface area contributed by atoms with Crippen LogP contribution in [0.4, 0.5) is 0 Å². The summed E-state index contributed by atoms with van der Waals surface area (Å²) < 4.78 is 14.6. The third-order valence-corrected chi connectivity index (χ3v) is 2.43. The molecule has 6 heteroatoms. The SMILES string of the molecule is CC(C)CC(=O)Oc1ccccc1.CCOCC.OCCOCCO. The molecule has 0 radical (unpaired) electrons. The second-order valence-corrected chi connectivity index (χ2v) is 5.23. The highest BCUT2D eigenvalue weighted by molar-refractivity contribution is 5.72. The normalized spacial score (nSPS) is 9.56. The molecule has 0 saturated heterocycles. The highest BCUT2D eigenvalue weighted by Crippen LogP contribution is 2.10. The van der Waals surface area contributed by atoms with E-state index in [1.165, 1.54) is 0 Å². The van der Waals surface area contributed by atoms with Crippen LogP contribution in [0.5, 0.6) is 5.75 Å². The number of aliphatic hydroxyl groups excluding tert-OH is 2. The van der Waals surface area contributed by atoms with Gasteiger partial charge in [-0.15, -0.1) is 0 Å². The number of hydrogen-bond acceptors (Lipinski definition) is 6. The van der Waals surface area contributed by atoms with E-state index in [0.29, 0.717) is 31.3 Å². The Labute approximate surface area is 151 Å². The first-order chi connectivity index (χ1) is 12.0. The van der Waals surface area contributed by atoms with Crippen molar-refractivity contribution in [2.24, 2.45) is 5.92 Å². The fraction of sp³-hybridized carbons (Fsp3) is 0.632. The van der Waals surface area contributed by atoms with Crippen LogP contribution in [0.1, 0.15) is 34.1 Å². The molecule has 0 saturated carbocycles. The monoisotopic (exact) mass is 358 g/mol. The van der Waals surface area contributed by atoms with Gasteiger partial charge < -0.3 is 24.4 Å². The zero-order valence-corrected chi connectivity index (χ0v) is 15.9. The number of carbonyl (C=O) groups is 1. The van der Waals surface area contributed by atoms with Gasteiger partial charge >= 0.3 is 5.97 Å². The minimum atomic E-state index is -0.166. The fourth-order valence-electron chi connectivity index (χ4n) is 1.43. The molecule has 0 aliphatic heterocycles. The van der Waals surface area contributed by atoms with Crippen molar-refractivity contribution in [3.63, 3.8) is 0 Å². The summed E-state index contributed by atoms with van der Waals surface area (Å²) in [6.45, 7) is 10.3. The lowest BCUT2D eigenvalue weighted by Gasteiger charge is -2.05. The number of para-hydroxylation sites is 1. The molecule has 0 heterocycles. The predicted molar refractivity (Wildman–Crippen MR) is 98.7 cm³/mol. The Kier molecular flexibility index (Phi) is 21.2. The number of rotatable bonds is 9. The Hall–Kier alpha value is -1.47. The van der Waals surface area contributed by atoms with Crippen LogP contribution in [0.3, 0.4) is 0 Å². The molecule has 6 nitrogen and oxygen atoms in total. The number of benzene rings is 1. The minimum absolute atomic E-state index is 0.0278. The van der Waals surface area contributed by atoms with E-state index < -0.39 is 0 Å². The van der Waals surface area contributed by atoms with E-state index >= 15 is 0 Å². The van der Waals surface area contributed by atoms with Crippen molar-refractivity contribution in [2.75, 3.05) is 39.6 Å². The topological polar surface area (TPSA) is 85.2 Å². The van der Waals surface area contributed by atoms with Gasteiger partial charge in [0.05, 0.1) is 26.4 Å². The number of esters is 1. The summed E-state index contributed by atoms with van der Waals surface area (Å²) in [5, 5.41) is 16.2. The fourth-order valence-corrected chi connectivity index (χ4v) is 1.43. The van der Waals surface area contributed by atoms with Crippen LogP contribution in [0.2, 0.25) is 0 Å². The Balaban J connectivity index is 0. The molecule has 2 N–H and O–H groups in total. The van der Waals surface area contributed by atoms with Crippen LogP contribution >= 0.6 is 0 Å². The quantitative estimate of drug-likeness (QED) is 0.401. The summed E-state index contributed by atoms with van der Waals surface area (Å²) in [5.41, 5.74) is 0. The molecular weight excluding hydrogens is 324 g/mol. The molecule has 0 unspecified atom stereocenters. The largest absolute Gasteiger partial charge is 0.427 e. The lowest BCUT2D eigenvalue weighted by molar-refractivity contribution is -0.135. The molecule has 0 aromatic heterocycles.